The molecular weight excluding hydrogens is 234 g/mol. The smallest absolute Gasteiger partial charge is 0.323 e. The van der Waals surface area contributed by atoms with Crippen molar-refractivity contribution in [3.05, 3.63) is 24.3 Å². The number of carbonyl (C=O) groups excluding carboxylic acids is 1. The van der Waals surface area contributed by atoms with Crippen molar-refractivity contribution in [2.45, 2.75) is 20.3 Å². The maximum Gasteiger partial charge on any atom is 0.323 e. The molecule has 0 atom stereocenters. The molecule has 0 bridgehead atoms. The van der Waals surface area contributed by atoms with Gasteiger partial charge < -0.3 is 14.7 Å². The molecule has 0 aliphatic heterocycles. The fourth-order valence-electron chi connectivity index (χ4n) is 1.54. The third-order valence-electron chi connectivity index (χ3n) is 2.36. The number of hydrogen-bond acceptors (Lipinski definition) is 3. The molecule has 5 nitrogen and oxygen atoms in total. The number of nitrogens with zero attached hydrogens (tertiary/aromatic N) is 1. The normalized spacial score (nSPS) is 9.89. The summed E-state index contributed by atoms with van der Waals surface area (Å²) in [6.07, 6.45) is 0.264. The molecule has 18 heavy (non-hydrogen) atoms. The number of carbonyl (C=O) groups is 2. The second kappa shape index (κ2) is 6.64. The Hall–Kier alpha value is -2.04. The minimum Gasteiger partial charge on any atom is -0.494 e. The van der Waals surface area contributed by atoms with Gasteiger partial charge in [-0.3, -0.25) is 9.59 Å². The van der Waals surface area contributed by atoms with Crippen LogP contribution < -0.4 is 9.64 Å². The van der Waals surface area contributed by atoms with Crippen LogP contribution >= 0.6 is 0 Å². The highest BCUT2D eigenvalue weighted by Gasteiger charge is 2.16. The van der Waals surface area contributed by atoms with Gasteiger partial charge in [0.1, 0.15) is 12.3 Å². The lowest BCUT2D eigenvalue weighted by molar-refractivity contribution is -0.136. The molecule has 1 N–H and O–H groups in total. The molecule has 98 valence electrons. The molecule has 0 spiro atoms. The fraction of sp³-hybridized carbons (Fsp3) is 0.385. The Labute approximate surface area is 106 Å². The van der Waals surface area contributed by atoms with Crippen molar-refractivity contribution in [3.8, 4) is 5.75 Å². The molecule has 0 saturated carbocycles. The maximum absolute atomic E-state index is 11.7. The first-order chi connectivity index (χ1) is 8.58. The lowest BCUT2D eigenvalue weighted by atomic mass is 10.2. The highest BCUT2D eigenvalue weighted by Crippen LogP contribution is 2.20. The number of hydrogen-bond donors (Lipinski definition) is 1. The van der Waals surface area contributed by atoms with E-state index in [2.05, 4.69) is 0 Å². The van der Waals surface area contributed by atoms with E-state index in [1.54, 1.807) is 31.2 Å². The zero-order valence-corrected chi connectivity index (χ0v) is 10.5. The second-order valence-corrected chi connectivity index (χ2v) is 3.65. The summed E-state index contributed by atoms with van der Waals surface area (Å²) in [7, 11) is 0. The van der Waals surface area contributed by atoms with Crippen molar-refractivity contribution in [2.24, 2.45) is 0 Å². The van der Waals surface area contributed by atoms with Crippen molar-refractivity contribution in [3.63, 3.8) is 0 Å². The maximum atomic E-state index is 11.7. The van der Waals surface area contributed by atoms with Gasteiger partial charge in [-0.05, 0) is 31.2 Å². The van der Waals surface area contributed by atoms with Gasteiger partial charge in [0, 0.05) is 12.1 Å². The molecule has 5 heteroatoms. The van der Waals surface area contributed by atoms with Crippen LogP contribution in [0.4, 0.5) is 5.69 Å². The molecule has 0 unspecified atom stereocenters. The minimum atomic E-state index is -1.04. The standard InChI is InChI=1S/C13H17NO4/c1-3-12(15)14(9-13(16)17)10-5-7-11(8-6-10)18-4-2/h5-8H,3-4,9H2,1-2H3,(H,16,17). The van der Waals surface area contributed by atoms with Gasteiger partial charge in [-0.1, -0.05) is 6.92 Å². The van der Waals surface area contributed by atoms with Crippen LogP contribution in [0.3, 0.4) is 0 Å². The second-order valence-electron chi connectivity index (χ2n) is 3.65. The van der Waals surface area contributed by atoms with Crippen LogP contribution in [0.5, 0.6) is 5.75 Å². The van der Waals surface area contributed by atoms with E-state index in [0.29, 0.717) is 18.0 Å². The first-order valence-electron chi connectivity index (χ1n) is 5.83. The number of benzene rings is 1. The SMILES string of the molecule is CCOc1ccc(N(CC(=O)O)C(=O)CC)cc1. The lowest BCUT2D eigenvalue weighted by Crippen LogP contribution is -2.35. The molecule has 0 fully saturated rings. The Kier molecular flexibility index (Phi) is 5.17. The predicted octanol–water partition coefficient (Wildman–Crippen LogP) is 1.91. The predicted molar refractivity (Wildman–Crippen MR) is 67.9 cm³/mol. The Bertz CT molecular complexity index is 414. The van der Waals surface area contributed by atoms with Gasteiger partial charge in [0.2, 0.25) is 5.91 Å². The molecule has 0 aliphatic rings. The Morgan fingerprint density at radius 2 is 1.83 bits per heavy atom. The summed E-state index contributed by atoms with van der Waals surface area (Å²) in [4.78, 5) is 23.7. The van der Waals surface area contributed by atoms with Crippen molar-refractivity contribution in [1.29, 1.82) is 0 Å². The minimum absolute atomic E-state index is 0.221. The summed E-state index contributed by atoms with van der Waals surface area (Å²) in [5.41, 5.74) is 0.563. The van der Waals surface area contributed by atoms with Crippen LogP contribution in [0.1, 0.15) is 20.3 Å². The largest absolute Gasteiger partial charge is 0.494 e. The molecule has 0 heterocycles. The van der Waals surface area contributed by atoms with Crippen LogP contribution in [0, 0.1) is 0 Å². The number of rotatable bonds is 6. The van der Waals surface area contributed by atoms with E-state index in [0.717, 1.165) is 0 Å². The van der Waals surface area contributed by atoms with Crippen molar-refractivity contribution >= 4 is 17.6 Å². The zero-order valence-electron chi connectivity index (χ0n) is 10.5. The van der Waals surface area contributed by atoms with Crippen molar-refractivity contribution < 1.29 is 19.4 Å². The fourth-order valence-corrected chi connectivity index (χ4v) is 1.54. The summed E-state index contributed by atoms with van der Waals surface area (Å²) < 4.78 is 5.29. The summed E-state index contributed by atoms with van der Waals surface area (Å²) in [5, 5.41) is 8.81. The number of anilines is 1. The Balaban J connectivity index is 2.90. The first-order valence-corrected chi connectivity index (χ1v) is 5.83. The Morgan fingerprint density at radius 3 is 2.28 bits per heavy atom. The highest BCUT2D eigenvalue weighted by molar-refractivity contribution is 5.97. The molecule has 1 aromatic rings. The molecule has 0 aromatic heterocycles. The van der Waals surface area contributed by atoms with Crippen LogP contribution in [0.25, 0.3) is 0 Å². The summed E-state index contributed by atoms with van der Waals surface area (Å²) in [5.74, 6) is -0.562. The number of amides is 1. The topological polar surface area (TPSA) is 66.8 Å². The average Bonchev–Trinajstić information content (AvgIpc) is 2.36. The molecule has 1 aromatic carbocycles. The van der Waals surface area contributed by atoms with Crippen LogP contribution in [0.2, 0.25) is 0 Å². The Morgan fingerprint density at radius 1 is 1.22 bits per heavy atom. The van der Waals surface area contributed by atoms with Gasteiger partial charge in [-0.25, -0.2) is 0 Å². The van der Waals surface area contributed by atoms with Crippen molar-refractivity contribution in [1.82, 2.24) is 0 Å². The van der Waals surface area contributed by atoms with E-state index in [1.165, 1.54) is 4.90 Å². The first kappa shape index (κ1) is 14.0. The van der Waals surface area contributed by atoms with Crippen LogP contribution in [-0.2, 0) is 9.59 Å². The molecule has 1 amide bonds. The highest BCUT2D eigenvalue weighted by atomic mass is 16.5. The monoisotopic (exact) mass is 251 g/mol. The molecule has 0 aliphatic carbocycles. The van der Waals surface area contributed by atoms with E-state index >= 15 is 0 Å². The van der Waals surface area contributed by atoms with Gasteiger partial charge in [0.25, 0.3) is 0 Å². The third kappa shape index (κ3) is 3.76. The third-order valence-corrected chi connectivity index (χ3v) is 2.36. The van der Waals surface area contributed by atoms with E-state index < -0.39 is 5.97 Å². The van der Waals surface area contributed by atoms with Gasteiger partial charge >= 0.3 is 5.97 Å². The average molecular weight is 251 g/mol. The van der Waals surface area contributed by atoms with E-state index in [4.69, 9.17) is 9.84 Å². The van der Waals surface area contributed by atoms with Gasteiger partial charge in [0.15, 0.2) is 0 Å². The van der Waals surface area contributed by atoms with Gasteiger partial charge in [0.05, 0.1) is 6.61 Å². The summed E-state index contributed by atoms with van der Waals surface area (Å²) >= 11 is 0. The zero-order chi connectivity index (χ0) is 13.5. The van der Waals surface area contributed by atoms with Gasteiger partial charge in [-0.2, -0.15) is 0 Å². The quantitative estimate of drug-likeness (QED) is 0.838. The molecule has 1 rings (SSSR count). The number of carboxylic acid groups (broad SMARTS) is 1. The van der Waals surface area contributed by atoms with Gasteiger partial charge in [-0.15, -0.1) is 0 Å². The molecule has 0 saturated heterocycles. The van der Waals surface area contributed by atoms with E-state index in [9.17, 15) is 9.59 Å². The summed E-state index contributed by atoms with van der Waals surface area (Å²) in [6.45, 7) is 3.81. The van der Waals surface area contributed by atoms with Crippen molar-refractivity contribution in [2.75, 3.05) is 18.1 Å². The van der Waals surface area contributed by atoms with Crippen LogP contribution in [-0.4, -0.2) is 30.1 Å². The number of ether oxygens (including phenoxy) is 1. The van der Waals surface area contributed by atoms with Crippen LogP contribution in [0.15, 0.2) is 24.3 Å². The molecule has 0 radical (unpaired) electrons. The number of aliphatic carboxylic acids is 1. The van der Waals surface area contributed by atoms with E-state index in [-0.39, 0.29) is 18.9 Å². The lowest BCUT2D eigenvalue weighted by Gasteiger charge is -2.20. The summed E-state index contributed by atoms with van der Waals surface area (Å²) in [6, 6.07) is 6.80. The molecular formula is C13H17NO4. The number of carboxylic acids is 1. The van der Waals surface area contributed by atoms with E-state index in [1.807, 2.05) is 6.92 Å².